The lowest BCUT2D eigenvalue weighted by molar-refractivity contribution is -0.121. The van der Waals surface area contributed by atoms with Gasteiger partial charge in [0.15, 0.2) is 0 Å². The Morgan fingerprint density at radius 2 is 1.86 bits per heavy atom. The number of nitrogens with two attached hydrogens (primary N) is 1. The SMILES string of the molecule is CCN(CC)C(=O)c1cccc(NC(=O)C2(N)CCCC2)c1. The molecular formula is C17H25N3O2. The molecule has 5 nitrogen and oxygen atoms in total. The van der Waals surface area contributed by atoms with Crippen molar-refractivity contribution in [2.75, 3.05) is 18.4 Å². The fraction of sp³-hybridized carbons (Fsp3) is 0.529. The van der Waals surface area contributed by atoms with Crippen LogP contribution in [0.3, 0.4) is 0 Å². The van der Waals surface area contributed by atoms with Gasteiger partial charge in [-0.2, -0.15) is 0 Å². The topological polar surface area (TPSA) is 75.4 Å². The van der Waals surface area contributed by atoms with Gasteiger partial charge in [-0.05, 0) is 44.9 Å². The molecule has 0 heterocycles. The average molecular weight is 303 g/mol. The molecule has 0 aromatic heterocycles. The third-order valence-corrected chi connectivity index (χ3v) is 4.37. The Morgan fingerprint density at radius 1 is 1.23 bits per heavy atom. The van der Waals surface area contributed by atoms with Gasteiger partial charge in [0.05, 0.1) is 5.54 Å². The highest BCUT2D eigenvalue weighted by atomic mass is 16.2. The maximum atomic E-state index is 12.4. The molecule has 2 amide bonds. The summed E-state index contributed by atoms with van der Waals surface area (Å²) in [7, 11) is 0. The van der Waals surface area contributed by atoms with Crippen LogP contribution in [0, 0.1) is 0 Å². The highest BCUT2D eigenvalue weighted by molar-refractivity contribution is 6.00. The number of anilines is 1. The number of hydrogen-bond donors (Lipinski definition) is 2. The van der Waals surface area contributed by atoms with E-state index in [1.165, 1.54) is 0 Å². The zero-order chi connectivity index (χ0) is 16.2. The lowest BCUT2D eigenvalue weighted by Crippen LogP contribution is -2.48. The van der Waals surface area contributed by atoms with Gasteiger partial charge in [0, 0.05) is 24.3 Å². The number of rotatable bonds is 5. The highest BCUT2D eigenvalue weighted by Gasteiger charge is 2.37. The van der Waals surface area contributed by atoms with Gasteiger partial charge in [0.2, 0.25) is 5.91 Å². The van der Waals surface area contributed by atoms with Crippen molar-refractivity contribution >= 4 is 17.5 Å². The number of carbonyl (C=O) groups is 2. The standard InChI is InChI=1S/C17H25N3O2/c1-3-20(4-2)15(21)13-8-7-9-14(12-13)19-16(22)17(18)10-5-6-11-17/h7-9,12H,3-6,10-11,18H2,1-2H3,(H,19,22). The molecule has 0 radical (unpaired) electrons. The Morgan fingerprint density at radius 3 is 2.45 bits per heavy atom. The van der Waals surface area contributed by atoms with Crippen molar-refractivity contribution in [3.8, 4) is 0 Å². The summed E-state index contributed by atoms with van der Waals surface area (Å²) in [5.41, 5.74) is 6.59. The van der Waals surface area contributed by atoms with Gasteiger partial charge in [-0.25, -0.2) is 0 Å². The number of nitrogens with zero attached hydrogens (tertiary/aromatic N) is 1. The molecule has 2 rings (SSSR count). The molecule has 0 spiro atoms. The van der Waals surface area contributed by atoms with Gasteiger partial charge >= 0.3 is 0 Å². The van der Waals surface area contributed by atoms with Gasteiger partial charge in [-0.3, -0.25) is 9.59 Å². The van der Waals surface area contributed by atoms with E-state index >= 15 is 0 Å². The van der Waals surface area contributed by atoms with Crippen LogP contribution in [0.25, 0.3) is 0 Å². The first-order valence-corrected chi connectivity index (χ1v) is 8.00. The summed E-state index contributed by atoms with van der Waals surface area (Å²) in [6, 6.07) is 7.06. The average Bonchev–Trinajstić information content (AvgIpc) is 2.97. The molecule has 1 saturated carbocycles. The molecule has 0 bridgehead atoms. The molecule has 0 saturated heterocycles. The lowest BCUT2D eigenvalue weighted by Gasteiger charge is -2.23. The van der Waals surface area contributed by atoms with Crippen molar-refractivity contribution in [1.82, 2.24) is 4.90 Å². The number of hydrogen-bond acceptors (Lipinski definition) is 3. The zero-order valence-electron chi connectivity index (χ0n) is 13.4. The summed E-state index contributed by atoms with van der Waals surface area (Å²) in [5, 5.41) is 2.86. The monoisotopic (exact) mass is 303 g/mol. The maximum absolute atomic E-state index is 12.4. The second-order valence-corrected chi connectivity index (χ2v) is 5.88. The van der Waals surface area contributed by atoms with Crippen LogP contribution in [0.2, 0.25) is 0 Å². The molecule has 1 aliphatic rings. The van der Waals surface area contributed by atoms with Crippen molar-refractivity contribution in [2.24, 2.45) is 5.73 Å². The van der Waals surface area contributed by atoms with Gasteiger partial charge < -0.3 is 16.0 Å². The van der Waals surface area contributed by atoms with Gasteiger partial charge in [-0.1, -0.05) is 18.9 Å². The van der Waals surface area contributed by atoms with Crippen LogP contribution in [0.1, 0.15) is 49.9 Å². The number of nitrogens with one attached hydrogen (secondary N) is 1. The number of amides is 2. The van der Waals surface area contributed by atoms with Crippen LogP contribution < -0.4 is 11.1 Å². The molecule has 1 aliphatic carbocycles. The normalized spacial score (nSPS) is 16.3. The second-order valence-electron chi connectivity index (χ2n) is 5.88. The first kappa shape index (κ1) is 16.5. The molecule has 1 aromatic carbocycles. The molecule has 0 unspecified atom stereocenters. The largest absolute Gasteiger partial charge is 0.339 e. The molecule has 1 fully saturated rings. The molecule has 1 aromatic rings. The van der Waals surface area contributed by atoms with E-state index in [1.54, 1.807) is 29.2 Å². The Kier molecular flexibility index (Phi) is 5.19. The second kappa shape index (κ2) is 6.92. The molecule has 5 heteroatoms. The van der Waals surface area contributed by atoms with Gasteiger partial charge in [-0.15, -0.1) is 0 Å². The van der Waals surface area contributed by atoms with E-state index in [4.69, 9.17) is 5.73 Å². The van der Waals surface area contributed by atoms with E-state index in [0.29, 0.717) is 24.3 Å². The van der Waals surface area contributed by atoms with Crippen LogP contribution >= 0.6 is 0 Å². The van der Waals surface area contributed by atoms with Crippen molar-refractivity contribution in [1.29, 1.82) is 0 Å². The van der Waals surface area contributed by atoms with Crippen molar-refractivity contribution < 1.29 is 9.59 Å². The molecule has 0 aliphatic heterocycles. The van der Waals surface area contributed by atoms with E-state index in [1.807, 2.05) is 13.8 Å². The minimum absolute atomic E-state index is 0.0237. The molecule has 0 atom stereocenters. The maximum Gasteiger partial charge on any atom is 0.253 e. The first-order chi connectivity index (χ1) is 10.5. The molecule has 3 N–H and O–H groups in total. The third kappa shape index (κ3) is 3.47. The van der Waals surface area contributed by atoms with Crippen LogP contribution in [-0.4, -0.2) is 35.3 Å². The Bertz CT molecular complexity index is 547. The number of carbonyl (C=O) groups excluding carboxylic acids is 2. The predicted octanol–water partition coefficient (Wildman–Crippen LogP) is 2.38. The first-order valence-electron chi connectivity index (χ1n) is 8.00. The Balaban J connectivity index is 2.11. The lowest BCUT2D eigenvalue weighted by atomic mass is 9.98. The predicted molar refractivity (Wildman–Crippen MR) is 87.7 cm³/mol. The van der Waals surface area contributed by atoms with Gasteiger partial charge in [0.1, 0.15) is 0 Å². The molecule has 22 heavy (non-hydrogen) atoms. The summed E-state index contributed by atoms with van der Waals surface area (Å²) in [4.78, 5) is 26.4. The summed E-state index contributed by atoms with van der Waals surface area (Å²) >= 11 is 0. The fourth-order valence-corrected chi connectivity index (χ4v) is 2.91. The Hall–Kier alpha value is -1.88. The fourth-order valence-electron chi connectivity index (χ4n) is 2.91. The minimum Gasteiger partial charge on any atom is -0.339 e. The van der Waals surface area contributed by atoms with Crippen LogP contribution in [0.4, 0.5) is 5.69 Å². The zero-order valence-corrected chi connectivity index (χ0v) is 13.4. The molecule has 120 valence electrons. The molecular weight excluding hydrogens is 278 g/mol. The summed E-state index contributed by atoms with van der Waals surface area (Å²) in [6.45, 7) is 5.23. The van der Waals surface area contributed by atoms with Crippen LogP contribution in [0.15, 0.2) is 24.3 Å². The summed E-state index contributed by atoms with van der Waals surface area (Å²) in [5.74, 6) is -0.179. The smallest absolute Gasteiger partial charge is 0.253 e. The van der Waals surface area contributed by atoms with Crippen molar-refractivity contribution in [2.45, 2.75) is 45.1 Å². The van der Waals surface area contributed by atoms with E-state index in [9.17, 15) is 9.59 Å². The van der Waals surface area contributed by atoms with E-state index in [0.717, 1.165) is 25.7 Å². The van der Waals surface area contributed by atoms with E-state index in [2.05, 4.69) is 5.32 Å². The van der Waals surface area contributed by atoms with Crippen molar-refractivity contribution in [3.05, 3.63) is 29.8 Å². The van der Waals surface area contributed by atoms with Crippen LogP contribution in [0.5, 0.6) is 0 Å². The summed E-state index contributed by atoms with van der Waals surface area (Å²) in [6.07, 6.45) is 3.42. The minimum atomic E-state index is -0.765. The third-order valence-electron chi connectivity index (χ3n) is 4.37. The number of benzene rings is 1. The van der Waals surface area contributed by atoms with E-state index < -0.39 is 5.54 Å². The van der Waals surface area contributed by atoms with Crippen molar-refractivity contribution in [3.63, 3.8) is 0 Å². The van der Waals surface area contributed by atoms with E-state index in [-0.39, 0.29) is 11.8 Å². The Labute approximate surface area is 131 Å². The quantitative estimate of drug-likeness (QED) is 0.877. The highest BCUT2D eigenvalue weighted by Crippen LogP contribution is 2.28. The summed E-state index contributed by atoms with van der Waals surface area (Å²) < 4.78 is 0. The van der Waals surface area contributed by atoms with Crippen LogP contribution in [-0.2, 0) is 4.79 Å². The van der Waals surface area contributed by atoms with Gasteiger partial charge in [0.25, 0.3) is 5.91 Å².